The summed E-state index contributed by atoms with van der Waals surface area (Å²) >= 11 is 0. The number of ether oxygens (including phenoxy) is 2. The minimum absolute atomic E-state index is 0.555. The Balaban J connectivity index is 2.26. The second-order valence-electron chi connectivity index (χ2n) is 4.17. The van der Waals surface area contributed by atoms with Crippen LogP contribution in [0.5, 0.6) is 5.75 Å². The molecule has 100 valence electrons. The van der Waals surface area contributed by atoms with E-state index in [0.29, 0.717) is 12.3 Å². The highest BCUT2D eigenvalue weighted by molar-refractivity contribution is 5.75. The van der Waals surface area contributed by atoms with E-state index >= 15 is 0 Å². The van der Waals surface area contributed by atoms with Crippen molar-refractivity contribution >= 4 is 17.1 Å². The van der Waals surface area contributed by atoms with E-state index in [-0.39, 0.29) is 0 Å². The maximum Gasteiger partial charge on any atom is 0.121 e. The SMILES string of the molecule is COCc1ccccc1Nc1ccc(OC)cc1N. The average molecular weight is 258 g/mol. The predicted octanol–water partition coefficient (Wildman–Crippen LogP) is 3.17. The number of methoxy groups -OCH3 is 2. The largest absolute Gasteiger partial charge is 0.497 e. The quantitative estimate of drug-likeness (QED) is 0.809. The van der Waals surface area contributed by atoms with Crippen molar-refractivity contribution in [2.24, 2.45) is 0 Å². The van der Waals surface area contributed by atoms with Gasteiger partial charge in [0.15, 0.2) is 0 Å². The summed E-state index contributed by atoms with van der Waals surface area (Å²) < 4.78 is 10.3. The van der Waals surface area contributed by atoms with Crippen LogP contribution in [0.4, 0.5) is 17.1 Å². The number of anilines is 3. The van der Waals surface area contributed by atoms with Crippen molar-refractivity contribution in [1.82, 2.24) is 0 Å². The van der Waals surface area contributed by atoms with Gasteiger partial charge < -0.3 is 20.5 Å². The smallest absolute Gasteiger partial charge is 0.121 e. The van der Waals surface area contributed by atoms with E-state index in [1.54, 1.807) is 20.3 Å². The van der Waals surface area contributed by atoms with Gasteiger partial charge in [0.2, 0.25) is 0 Å². The standard InChI is InChI=1S/C15H18N2O2/c1-18-10-11-5-3-4-6-14(11)17-15-8-7-12(19-2)9-13(15)16/h3-9,17H,10,16H2,1-2H3. The molecule has 0 unspecified atom stereocenters. The number of nitrogens with one attached hydrogen (secondary N) is 1. The number of benzene rings is 2. The van der Waals surface area contributed by atoms with Crippen molar-refractivity contribution in [1.29, 1.82) is 0 Å². The lowest BCUT2D eigenvalue weighted by Gasteiger charge is -2.14. The zero-order valence-electron chi connectivity index (χ0n) is 11.1. The number of hydrogen-bond acceptors (Lipinski definition) is 4. The van der Waals surface area contributed by atoms with Crippen LogP contribution in [0.2, 0.25) is 0 Å². The van der Waals surface area contributed by atoms with Crippen molar-refractivity contribution in [3.8, 4) is 5.75 Å². The van der Waals surface area contributed by atoms with E-state index < -0.39 is 0 Å². The second kappa shape index (κ2) is 6.11. The van der Waals surface area contributed by atoms with Crippen LogP contribution in [0.25, 0.3) is 0 Å². The van der Waals surface area contributed by atoms with Gasteiger partial charge in [-0.15, -0.1) is 0 Å². The molecule has 2 aromatic carbocycles. The number of para-hydroxylation sites is 1. The van der Waals surface area contributed by atoms with Crippen molar-refractivity contribution < 1.29 is 9.47 Å². The molecule has 0 radical (unpaired) electrons. The average Bonchev–Trinajstić information content (AvgIpc) is 2.43. The first-order chi connectivity index (χ1) is 9.24. The molecule has 0 saturated carbocycles. The van der Waals surface area contributed by atoms with Gasteiger partial charge in [-0.2, -0.15) is 0 Å². The molecule has 0 spiro atoms. The Labute approximate surface area is 113 Å². The first-order valence-electron chi connectivity index (χ1n) is 6.02. The Kier molecular flexibility index (Phi) is 4.26. The van der Waals surface area contributed by atoms with E-state index in [9.17, 15) is 0 Å². The molecule has 0 atom stereocenters. The zero-order chi connectivity index (χ0) is 13.7. The molecule has 0 amide bonds. The van der Waals surface area contributed by atoms with E-state index in [0.717, 1.165) is 22.7 Å². The number of nitrogen functional groups attached to an aromatic ring is 1. The molecule has 0 fully saturated rings. The van der Waals surface area contributed by atoms with Crippen LogP contribution in [-0.4, -0.2) is 14.2 Å². The third-order valence-electron chi connectivity index (χ3n) is 2.85. The lowest BCUT2D eigenvalue weighted by molar-refractivity contribution is 0.185. The summed E-state index contributed by atoms with van der Waals surface area (Å²) in [5.74, 6) is 0.744. The van der Waals surface area contributed by atoms with E-state index in [4.69, 9.17) is 15.2 Å². The molecule has 0 aliphatic rings. The van der Waals surface area contributed by atoms with Crippen LogP contribution in [0, 0.1) is 0 Å². The molecular formula is C15H18N2O2. The lowest BCUT2D eigenvalue weighted by Crippen LogP contribution is -2.00. The maximum absolute atomic E-state index is 6.00. The van der Waals surface area contributed by atoms with E-state index in [2.05, 4.69) is 5.32 Å². The summed E-state index contributed by atoms with van der Waals surface area (Å²) in [4.78, 5) is 0. The van der Waals surface area contributed by atoms with Gasteiger partial charge in [0, 0.05) is 24.4 Å². The highest BCUT2D eigenvalue weighted by Gasteiger charge is 2.05. The van der Waals surface area contributed by atoms with Crippen LogP contribution in [0.15, 0.2) is 42.5 Å². The van der Waals surface area contributed by atoms with E-state index in [1.807, 2.05) is 36.4 Å². The van der Waals surface area contributed by atoms with Gasteiger partial charge in [-0.1, -0.05) is 18.2 Å². The molecule has 0 aliphatic carbocycles. The molecule has 2 rings (SSSR count). The topological polar surface area (TPSA) is 56.5 Å². The van der Waals surface area contributed by atoms with Gasteiger partial charge in [0.1, 0.15) is 5.75 Å². The molecule has 0 saturated heterocycles. The molecular weight excluding hydrogens is 240 g/mol. The van der Waals surface area contributed by atoms with Gasteiger partial charge in [-0.3, -0.25) is 0 Å². The minimum atomic E-state index is 0.555. The van der Waals surface area contributed by atoms with Crippen LogP contribution < -0.4 is 15.8 Å². The van der Waals surface area contributed by atoms with Crippen molar-refractivity contribution in [2.45, 2.75) is 6.61 Å². The molecule has 0 aliphatic heterocycles. The highest BCUT2D eigenvalue weighted by atomic mass is 16.5. The molecule has 0 bridgehead atoms. The summed E-state index contributed by atoms with van der Waals surface area (Å²) in [5.41, 5.74) is 9.56. The fraction of sp³-hybridized carbons (Fsp3) is 0.200. The number of hydrogen-bond donors (Lipinski definition) is 2. The number of nitrogens with two attached hydrogens (primary N) is 1. The lowest BCUT2D eigenvalue weighted by atomic mass is 10.1. The van der Waals surface area contributed by atoms with Gasteiger partial charge >= 0.3 is 0 Å². The van der Waals surface area contributed by atoms with Gasteiger partial charge in [0.25, 0.3) is 0 Å². The van der Waals surface area contributed by atoms with Crippen molar-refractivity contribution in [3.63, 3.8) is 0 Å². The second-order valence-corrected chi connectivity index (χ2v) is 4.17. The predicted molar refractivity (Wildman–Crippen MR) is 77.8 cm³/mol. The monoisotopic (exact) mass is 258 g/mol. The molecule has 0 aromatic heterocycles. The molecule has 19 heavy (non-hydrogen) atoms. The first-order valence-corrected chi connectivity index (χ1v) is 6.02. The normalized spacial score (nSPS) is 10.2. The zero-order valence-corrected chi connectivity index (χ0v) is 11.1. The third kappa shape index (κ3) is 3.17. The highest BCUT2D eigenvalue weighted by Crippen LogP contribution is 2.28. The number of rotatable bonds is 5. The summed E-state index contributed by atoms with van der Waals surface area (Å²) in [6.07, 6.45) is 0. The fourth-order valence-electron chi connectivity index (χ4n) is 1.85. The van der Waals surface area contributed by atoms with Crippen LogP contribution >= 0.6 is 0 Å². The van der Waals surface area contributed by atoms with Crippen molar-refractivity contribution in [2.75, 3.05) is 25.3 Å². The van der Waals surface area contributed by atoms with Crippen LogP contribution in [0.1, 0.15) is 5.56 Å². The van der Waals surface area contributed by atoms with Crippen LogP contribution in [0.3, 0.4) is 0 Å². The summed E-state index contributed by atoms with van der Waals surface area (Å²) in [6.45, 7) is 0.555. The Hall–Kier alpha value is -2.20. The third-order valence-corrected chi connectivity index (χ3v) is 2.85. The van der Waals surface area contributed by atoms with Gasteiger partial charge in [-0.05, 0) is 18.2 Å². The Morgan fingerprint density at radius 2 is 1.84 bits per heavy atom. The van der Waals surface area contributed by atoms with Gasteiger partial charge in [-0.25, -0.2) is 0 Å². The van der Waals surface area contributed by atoms with Gasteiger partial charge in [0.05, 0.1) is 25.1 Å². The van der Waals surface area contributed by atoms with E-state index in [1.165, 1.54) is 0 Å². The molecule has 4 heteroatoms. The first kappa shape index (κ1) is 13.2. The maximum atomic E-state index is 6.00. The molecule has 3 N–H and O–H groups in total. The molecule has 2 aromatic rings. The van der Waals surface area contributed by atoms with Crippen LogP contribution in [-0.2, 0) is 11.3 Å². The summed E-state index contributed by atoms with van der Waals surface area (Å²) in [6, 6.07) is 13.5. The summed E-state index contributed by atoms with van der Waals surface area (Å²) in [5, 5.41) is 3.32. The van der Waals surface area contributed by atoms with Crippen molar-refractivity contribution in [3.05, 3.63) is 48.0 Å². The summed E-state index contributed by atoms with van der Waals surface area (Å²) in [7, 11) is 3.30. The fourth-order valence-corrected chi connectivity index (χ4v) is 1.85. The molecule has 4 nitrogen and oxygen atoms in total. The Morgan fingerprint density at radius 1 is 1.05 bits per heavy atom. The minimum Gasteiger partial charge on any atom is -0.497 e. The Bertz CT molecular complexity index is 556. The Morgan fingerprint density at radius 3 is 2.53 bits per heavy atom. The molecule has 0 heterocycles.